The fourth-order valence-corrected chi connectivity index (χ4v) is 3.31. The monoisotopic (exact) mass is 342 g/mol. The molecule has 3 rings (SSSR count). The van der Waals surface area contributed by atoms with E-state index in [4.69, 9.17) is 9.15 Å². The molecule has 1 aromatic heterocycles. The summed E-state index contributed by atoms with van der Waals surface area (Å²) in [5.41, 5.74) is 0.784. The van der Waals surface area contributed by atoms with Gasteiger partial charge in [-0.05, 0) is 62.0 Å². The third kappa shape index (κ3) is 3.54. The molecule has 0 spiro atoms. The molecule has 1 saturated heterocycles. The summed E-state index contributed by atoms with van der Waals surface area (Å²) in [6, 6.07) is 11.1. The summed E-state index contributed by atoms with van der Waals surface area (Å²) in [6.07, 6.45) is 3.33. The van der Waals surface area contributed by atoms with Gasteiger partial charge in [0.1, 0.15) is 11.5 Å². The molecule has 1 aliphatic rings. The van der Waals surface area contributed by atoms with Crippen LogP contribution in [0, 0.1) is 0 Å². The quantitative estimate of drug-likeness (QED) is 0.760. The minimum absolute atomic E-state index is 0.0522. The first kappa shape index (κ1) is 16.4. The molecule has 0 saturated carbocycles. The number of hydrogen-bond donors (Lipinski definition) is 0. The molecule has 124 valence electrons. The van der Waals surface area contributed by atoms with Crippen LogP contribution in [0.1, 0.15) is 19.6 Å². The minimum atomic E-state index is -0.0522. The lowest BCUT2D eigenvalue weighted by molar-refractivity contribution is -0.122. The van der Waals surface area contributed by atoms with E-state index in [9.17, 15) is 4.79 Å². The smallest absolute Gasteiger partial charge is 0.266 e. The molecule has 1 fully saturated rings. The lowest BCUT2D eigenvalue weighted by Gasteiger charge is -2.12. The maximum Gasteiger partial charge on any atom is 0.266 e. The van der Waals surface area contributed by atoms with Crippen LogP contribution in [0.5, 0.6) is 5.75 Å². The van der Waals surface area contributed by atoms with Gasteiger partial charge in [0.05, 0.1) is 23.5 Å². The van der Waals surface area contributed by atoms with Crippen molar-refractivity contribution in [1.29, 1.82) is 0 Å². The van der Waals surface area contributed by atoms with E-state index in [0.29, 0.717) is 29.0 Å². The lowest BCUT2D eigenvalue weighted by Crippen LogP contribution is -2.28. The summed E-state index contributed by atoms with van der Waals surface area (Å²) in [4.78, 5) is 19.4. The van der Waals surface area contributed by atoms with Crippen LogP contribution in [-0.2, 0) is 4.79 Å². The van der Waals surface area contributed by atoms with Gasteiger partial charge in [0, 0.05) is 12.6 Å². The van der Waals surface area contributed by atoms with Gasteiger partial charge in [0.15, 0.2) is 5.17 Å². The summed E-state index contributed by atoms with van der Waals surface area (Å²) in [7, 11) is 0. The summed E-state index contributed by atoms with van der Waals surface area (Å²) in [5.74, 6) is 1.41. The number of hydrogen-bond acceptors (Lipinski definition) is 5. The Bertz CT molecular complexity index is 764. The second-order valence-electron chi connectivity index (χ2n) is 5.00. The molecule has 5 nitrogen and oxygen atoms in total. The van der Waals surface area contributed by atoms with Crippen LogP contribution in [0.15, 0.2) is 57.0 Å². The second-order valence-corrected chi connectivity index (χ2v) is 6.01. The molecule has 0 aliphatic carbocycles. The molecule has 0 unspecified atom stereocenters. The van der Waals surface area contributed by atoms with Crippen molar-refractivity contribution in [3.63, 3.8) is 0 Å². The fourth-order valence-electron chi connectivity index (χ4n) is 2.27. The van der Waals surface area contributed by atoms with E-state index in [0.717, 1.165) is 11.4 Å². The molecule has 2 heterocycles. The van der Waals surface area contributed by atoms with Gasteiger partial charge >= 0.3 is 0 Å². The zero-order valence-corrected chi connectivity index (χ0v) is 14.4. The van der Waals surface area contributed by atoms with Gasteiger partial charge in [-0.1, -0.05) is 0 Å². The number of nitrogens with zero attached hydrogens (tertiary/aromatic N) is 2. The lowest BCUT2D eigenvalue weighted by atomic mass is 10.3. The summed E-state index contributed by atoms with van der Waals surface area (Å²) >= 11 is 1.36. The molecule has 6 heteroatoms. The van der Waals surface area contributed by atoms with Crippen LogP contribution in [0.3, 0.4) is 0 Å². The first-order valence-corrected chi connectivity index (χ1v) is 8.59. The van der Waals surface area contributed by atoms with Crippen molar-refractivity contribution >= 4 is 34.6 Å². The molecule has 0 N–H and O–H groups in total. The Hall–Kier alpha value is -2.47. The molecule has 1 amide bonds. The average Bonchev–Trinajstić information content (AvgIpc) is 3.19. The number of carbonyl (C=O) groups excluding carboxylic acids is 1. The maximum atomic E-state index is 12.5. The van der Waals surface area contributed by atoms with Gasteiger partial charge in [-0.15, -0.1) is 0 Å². The normalized spacial score (nSPS) is 17.9. The van der Waals surface area contributed by atoms with Crippen LogP contribution in [0.25, 0.3) is 6.08 Å². The van der Waals surface area contributed by atoms with Crippen molar-refractivity contribution in [3.05, 3.63) is 53.3 Å². The SMILES string of the molecule is CCOc1ccc(N=C2SC(=Cc3ccco3)C(=O)N2CC)cc1. The Labute approximate surface area is 145 Å². The highest BCUT2D eigenvalue weighted by molar-refractivity contribution is 8.18. The summed E-state index contributed by atoms with van der Waals surface area (Å²) in [6.45, 7) is 5.07. The van der Waals surface area contributed by atoms with Crippen LogP contribution in [0.2, 0.25) is 0 Å². The Kier molecular flexibility index (Phi) is 5.05. The van der Waals surface area contributed by atoms with Crippen molar-refractivity contribution in [1.82, 2.24) is 4.90 Å². The highest BCUT2D eigenvalue weighted by atomic mass is 32.2. The molecule has 24 heavy (non-hydrogen) atoms. The van der Waals surface area contributed by atoms with Crippen molar-refractivity contribution in [2.45, 2.75) is 13.8 Å². The maximum absolute atomic E-state index is 12.5. The summed E-state index contributed by atoms with van der Waals surface area (Å²) < 4.78 is 10.7. The summed E-state index contributed by atoms with van der Waals surface area (Å²) in [5, 5.41) is 0.671. The highest BCUT2D eigenvalue weighted by Crippen LogP contribution is 2.34. The molecule has 0 atom stereocenters. The predicted octanol–water partition coefficient (Wildman–Crippen LogP) is 4.30. The Balaban J connectivity index is 1.85. The Morgan fingerprint density at radius 2 is 2.04 bits per heavy atom. The Morgan fingerprint density at radius 3 is 2.67 bits per heavy atom. The van der Waals surface area contributed by atoms with Crippen molar-refractivity contribution in [2.75, 3.05) is 13.2 Å². The number of likely N-dealkylation sites (N-methyl/N-ethyl adjacent to an activating group) is 1. The van der Waals surface area contributed by atoms with Gasteiger partial charge in [-0.25, -0.2) is 4.99 Å². The third-order valence-corrected chi connectivity index (χ3v) is 4.40. The van der Waals surface area contributed by atoms with Gasteiger partial charge in [-0.2, -0.15) is 0 Å². The molecule has 1 aromatic carbocycles. The van der Waals surface area contributed by atoms with E-state index in [1.165, 1.54) is 11.8 Å². The number of thioether (sulfide) groups is 1. The fraction of sp³-hybridized carbons (Fsp3) is 0.222. The van der Waals surface area contributed by atoms with Crippen LogP contribution in [0.4, 0.5) is 5.69 Å². The minimum Gasteiger partial charge on any atom is -0.494 e. The van der Waals surface area contributed by atoms with Crippen molar-refractivity contribution < 1.29 is 13.9 Å². The standard InChI is InChI=1S/C18H18N2O3S/c1-3-20-17(21)16(12-15-6-5-11-23-15)24-18(20)19-13-7-9-14(10-8-13)22-4-2/h5-12H,3-4H2,1-2H3. The van der Waals surface area contributed by atoms with Crippen LogP contribution < -0.4 is 4.74 Å². The van der Waals surface area contributed by atoms with E-state index in [-0.39, 0.29) is 5.91 Å². The number of amides is 1. The van der Waals surface area contributed by atoms with Crippen LogP contribution >= 0.6 is 11.8 Å². The number of aliphatic imine (C=N–C) groups is 1. The average molecular weight is 342 g/mol. The molecule has 0 bridgehead atoms. The van der Waals surface area contributed by atoms with Gasteiger partial charge < -0.3 is 9.15 Å². The van der Waals surface area contributed by atoms with E-state index >= 15 is 0 Å². The molecular formula is C18H18N2O3S. The largest absolute Gasteiger partial charge is 0.494 e. The third-order valence-electron chi connectivity index (χ3n) is 3.39. The Morgan fingerprint density at radius 1 is 1.25 bits per heavy atom. The first-order valence-electron chi connectivity index (χ1n) is 7.77. The second kappa shape index (κ2) is 7.40. The van der Waals surface area contributed by atoms with Gasteiger partial charge in [0.25, 0.3) is 5.91 Å². The number of benzene rings is 1. The zero-order valence-electron chi connectivity index (χ0n) is 13.6. The van der Waals surface area contributed by atoms with Crippen molar-refractivity contribution in [3.8, 4) is 5.75 Å². The number of furan rings is 1. The van der Waals surface area contributed by atoms with Crippen molar-refractivity contribution in [2.24, 2.45) is 4.99 Å². The number of ether oxygens (including phenoxy) is 1. The molecule has 0 radical (unpaired) electrons. The predicted molar refractivity (Wildman–Crippen MR) is 96.4 cm³/mol. The first-order chi connectivity index (χ1) is 11.7. The van der Waals surface area contributed by atoms with E-state index < -0.39 is 0 Å². The number of carbonyl (C=O) groups is 1. The van der Waals surface area contributed by atoms with E-state index in [2.05, 4.69) is 4.99 Å². The topological polar surface area (TPSA) is 55.0 Å². The van der Waals surface area contributed by atoms with Gasteiger partial charge in [0.2, 0.25) is 0 Å². The molecule has 1 aliphatic heterocycles. The van der Waals surface area contributed by atoms with E-state index in [1.54, 1.807) is 23.3 Å². The highest BCUT2D eigenvalue weighted by Gasteiger charge is 2.32. The zero-order chi connectivity index (χ0) is 16.9. The molecular weight excluding hydrogens is 324 g/mol. The number of amidine groups is 1. The van der Waals surface area contributed by atoms with Crippen LogP contribution in [-0.4, -0.2) is 29.1 Å². The number of rotatable bonds is 5. The van der Waals surface area contributed by atoms with Gasteiger partial charge in [-0.3, -0.25) is 9.69 Å². The molecule has 2 aromatic rings. The van der Waals surface area contributed by atoms with E-state index in [1.807, 2.05) is 44.2 Å².